The van der Waals surface area contributed by atoms with Crippen LogP contribution in [0, 0.1) is 12.8 Å². The molecule has 0 atom stereocenters. The normalized spacial score (nSPS) is 15.9. The first-order chi connectivity index (χ1) is 19.4. The van der Waals surface area contributed by atoms with Crippen molar-refractivity contribution >= 4 is 22.4 Å². The summed E-state index contributed by atoms with van der Waals surface area (Å²) in [6.07, 6.45) is -1.92. The molecule has 5 rings (SSSR count). The van der Waals surface area contributed by atoms with E-state index in [0.29, 0.717) is 16.9 Å². The van der Waals surface area contributed by atoms with Crippen molar-refractivity contribution < 1.29 is 26.3 Å². The fourth-order valence-corrected chi connectivity index (χ4v) is 6.80. The Morgan fingerprint density at radius 1 is 0.829 bits per heavy atom. The highest BCUT2D eigenvalue weighted by molar-refractivity contribution is 7.09. The monoisotopic (exact) mass is 596 g/mol. The molecule has 2 aliphatic carbocycles. The molecule has 1 saturated carbocycles. The van der Waals surface area contributed by atoms with Gasteiger partial charge in [-0.2, -0.15) is 30.7 Å². The molecule has 0 amide bonds. The molecule has 0 unspecified atom stereocenters. The lowest BCUT2D eigenvalue weighted by atomic mass is 10.0. The number of anilines is 2. The van der Waals surface area contributed by atoms with E-state index in [4.69, 9.17) is 0 Å². The first kappa shape index (κ1) is 29.7. The van der Waals surface area contributed by atoms with Crippen molar-refractivity contribution in [2.24, 2.45) is 5.92 Å². The SMILES string of the molecule is CCN(CC1CCCC1)c1cc2c(cc1CN(Cc1cc(C(F)(F)F)cc(C(F)(F)F)c1)c1nc(C)ns1)CCC2. The molecule has 1 fully saturated rings. The number of nitrogens with zero attached hydrogens (tertiary/aromatic N) is 4. The highest BCUT2D eigenvalue weighted by Crippen LogP contribution is 2.38. The second kappa shape index (κ2) is 11.8. The van der Waals surface area contributed by atoms with Gasteiger partial charge in [0, 0.05) is 43.4 Å². The summed E-state index contributed by atoms with van der Waals surface area (Å²) >= 11 is 1.09. The second-order valence-electron chi connectivity index (χ2n) is 11.2. The highest BCUT2D eigenvalue weighted by atomic mass is 32.1. The molecule has 0 aliphatic heterocycles. The van der Waals surface area contributed by atoms with Crippen LogP contribution in [-0.2, 0) is 38.3 Å². The van der Waals surface area contributed by atoms with Gasteiger partial charge in [0.2, 0.25) is 5.13 Å². The predicted octanol–water partition coefficient (Wildman–Crippen LogP) is 8.60. The van der Waals surface area contributed by atoms with Gasteiger partial charge in [0.25, 0.3) is 0 Å². The van der Waals surface area contributed by atoms with Crippen LogP contribution in [-0.4, -0.2) is 22.4 Å². The van der Waals surface area contributed by atoms with Gasteiger partial charge in [-0.15, -0.1) is 0 Å². The first-order valence-electron chi connectivity index (χ1n) is 14.1. The Hall–Kier alpha value is -2.82. The van der Waals surface area contributed by atoms with Crippen molar-refractivity contribution in [1.82, 2.24) is 9.36 Å². The lowest BCUT2D eigenvalue weighted by molar-refractivity contribution is -0.143. The van der Waals surface area contributed by atoms with Crippen LogP contribution in [0.2, 0.25) is 0 Å². The summed E-state index contributed by atoms with van der Waals surface area (Å²) in [4.78, 5) is 8.61. The third-order valence-electron chi connectivity index (χ3n) is 8.14. The van der Waals surface area contributed by atoms with E-state index in [9.17, 15) is 26.3 Å². The van der Waals surface area contributed by atoms with Gasteiger partial charge in [-0.3, -0.25) is 0 Å². The Bertz CT molecular complexity index is 1330. The Morgan fingerprint density at radius 2 is 1.46 bits per heavy atom. The first-order valence-corrected chi connectivity index (χ1v) is 14.9. The summed E-state index contributed by atoms with van der Waals surface area (Å²) in [6, 6.07) is 6.22. The van der Waals surface area contributed by atoms with Gasteiger partial charge in [-0.05, 0) is 98.4 Å². The summed E-state index contributed by atoms with van der Waals surface area (Å²) in [5.74, 6) is 1.12. The largest absolute Gasteiger partial charge is 0.416 e. The van der Waals surface area contributed by atoms with E-state index in [-0.39, 0.29) is 24.7 Å². The maximum Gasteiger partial charge on any atom is 0.416 e. The topological polar surface area (TPSA) is 32.3 Å². The average Bonchev–Trinajstić information content (AvgIpc) is 3.67. The molecule has 2 aromatic carbocycles. The van der Waals surface area contributed by atoms with Crippen LogP contribution in [0.1, 0.15) is 78.2 Å². The molecule has 0 N–H and O–H groups in total. The molecule has 0 spiro atoms. The van der Waals surface area contributed by atoms with Crippen LogP contribution < -0.4 is 9.80 Å². The van der Waals surface area contributed by atoms with Crippen molar-refractivity contribution in [2.75, 3.05) is 22.9 Å². The maximum atomic E-state index is 13.6. The number of fused-ring (bicyclic) bond motifs is 1. The van der Waals surface area contributed by atoms with Gasteiger partial charge >= 0.3 is 12.4 Å². The molecule has 4 nitrogen and oxygen atoms in total. The highest BCUT2D eigenvalue weighted by Gasteiger charge is 2.37. The average molecular weight is 597 g/mol. The van der Waals surface area contributed by atoms with Crippen LogP contribution >= 0.6 is 11.5 Å². The van der Waals surface area contributed by atoms with Crippen LogP contribution in [0.3, 0.4) is 0 Å². The number of rotatable bonds is 9. The molecule has 3 aromatic rings. The van der Waals surface area contributed by atoms with E-state index in [0.717, 1.165) is 67.3 Å². The number of aromatic nitrogens is 2. The zero-order valence-corrected chi connectivity index (χ0v) is 24.0. The van der Waals surface area contributed by atoms with Gasteiger partial charge in [-0.25, -0.2) is 4.98 Å². The Labute approximate surface area is 240 Å². The molecule has 1 heterocycles. The number of hydrogen-bond acceptors (Lipinski definition) is 5. The van der Waals surface area contributed by atoms with Crippen molar-refractivity contribution in [2.45, 2.75) is 84.2 Å². The van der Waals surface area contributed by atoms with Crippen LogP contribution in [0.25, 0.3) is 0 Å². The Kier molecular flexibility index (Phi) is 8.55. The lowest BCUT2D eigenvalue weighted by Gasteiger charge is -2.31. The van der Waals surface area contributed by atoms with Gasteiger partial charge in [0.15, 0.2) is 0 Å². The fourth-order valence-electron chi connectivity index (χ4n) is 6.13. The maximum absolute atomic E-state index is 13.6. The third kappa shape index (κ3) is 6.98. The molecular formula is C30H34F6N4S. The number of hydrogen-bond donors (Lipinski definition) is 0. The summed E-state index contributed by atoms with van der Waals surface area (Å²) in [6.45, 7) is 5.69. The molecule has 41 heavy (non-hydrogen) atoms. The second-order valence-corrected chi connectivity index (χ2v) is 11.9. The Morgan fingerprint density at radius 3 is 2.02 bits per heavy atom. The minimum atomic E-state index is -4.91. The van der Waals surface area contributed by atoms with E-state index in [1.807, 2.05) is 0 Å². The van der Waals surface area contributed by atoms with Crippen LogP contribution in [0.15, 0.2) is 30.3 Å². The van der Waals surface area contributed by atoms with Crippen molar-refractivity contribution in [3.8, 4) is 0 Å². The van der Waals surface area contributed by atoms with E-state index in [1.54, 1.807) is 11.8 Å². The number of aryl methyl sites for hydroxylation is 3. The fraction of sp³-hybridized carbons (Fsp3) is 0.533. The van der Waals surface area contributed by atoms with Crippen molar-refractivity contribution in [3.63, 3.8) is 0 Å². The van der Waals surface area contributed by atoms with E-state index in [2.05, 4.69) is 33.3 Å². The standard InChI is InChI=1S/C30H34F6N4S/c1-3-39(16-20-7-4-5-8-20)27-14-23-10-6-9-22(23)13-24(27)18-40(28-37-19(2)38-41-28)17-21-11-25(29(31,32)33)15-26(12-21)30(34,35)36/h11-15,20H,3-10,16-18H2,1-2H3. The molecule has 11 heteroatoms. The smallest absolute Gasteiger partial charge is 0.371 e. The molecule has 222 valence electrons. The zero-order valence-electron chi connectivity index (χ0n) is 23.2. The summed E-state index contributed by atoms with van der Waals surface area (Å²) < 4.78 is 85.9. The lowest BCUT2D eigenvalue weighted by Crippen LogP contribution is -2.31. The molecule has 0 saturated heterocycles. The predicted molar refractivity (Wildman–Crippen MR) is 149 cm³/mol. The minimum Gasteiger partial charge on any atom is -0.371 e. The van der Waals surface area contributed by atoms with Crippen molar-refractivity contribution in [3.05, 3.63) is 69.5 Å². The Balaban J connectivity index is 1.54. The van der Waals surface area contributed by atoms with Gasteiger partial charge in [-0.1, -0.05) is 18.9 Å². The van der Waals surface area contributed by atoms with Crippen LogP contribution in [0.5, 0.6) is 0 Å². The van der Waals surface area contributed by atoms with Gasteiger partial charge in [0.05, 0.1) is 11.1 Å². The van der Waals surface area contributed by atoms with E-state index >= 15 is 0 Å². The summed E-state index contributed by atoms with van der Waals surface area (Å²) in [5, 5.41) is 0.457. The van der Waals surface area contributed by atoms with Gasteiger partial charge in [0.1, 0.15) is 5.82 Å². The van der Waals surface area contributed by atoms with Crippen molar-refractivity contribution in [1.29, 1.82) is 0 Å². The van der Waals surface area contributed by atoms with E-state index < -0.39 is 23.5 Å². The third-order valence-corrected chi connectivity index (χ3v) is 9.01. The molecule has 0 bridgehead atoms. The summed E-state index contributed by atoms with van der Waals surface area (Å²) in [7, 11) is 0. The van der Waals surface area contributed by atoms with Crippen LogP contribution in [0.4, 0.5) is 37.2 Å². The quantitative estimate of drug-likeness (QED) is 0.232. The zero-order chi connectivity index (χ0) is 29.4. The molecule has 1 aromatic heterocycles. The minimum absolute atomic E-state index is 0.0824. The number of benzene rings is 2. The molecule has 2 aliphatic rings. The number of halogens is 6. The molecular weight excluding hydrogens is 562 g/mol. The number of alkyl halides is 6. The summed E-state index contributed by atoms with van der Waals surface area (Å²) in [5.41, 5.74) is 1.95. The molecule has 0 radical (unpaired) electrons. The van der Waals surface area contributed by atoms with E-state index in [1.165, 1.54) is 36.8 Å². The van der Waals surface area contributed by atoms with Gasteiger partial charge < -0.3 is 9.80 Å².